The Morgan fingerprint density at radius 1 is 1.00 bits per heavy atom. The molecule has 3 aromatic heterocycles. The Morgan fingerprint density at radius 3 is 2.52 bits per heavy atom. The summed E-state index contributed by atoms with van der Waals surface area (Å²) in [6.45, 7) is 14.9. The zero-order chi connectivity index (χ0) is 44.4. The average Bonchev–Trinajstić information content (AvgIpc) is 4.04. The number of amides is 2. The number of aryl methyl sites for hydroxylation is 2. The molecule has 332 valence electrons. The monoisotopic (exact) mass is 876 g/mol. The van der Waals surface area contributed by atoms with E-state index in [-0.39, 0.29) is 60.3 Å². The molecule has 63 heavy (non-hydrogen) atoms. The maximum absolute atomic E-state index is 14.6. The number of anilines is 1. The first-order valence-corrected chi connectivity index (χ1v) is 22.8. The summed E-state index contributed by atoms with van der Waals surface area (Å²) in [5.41, 5.74) is 8.15. The normalized spacial score (nSPS) is 19.7. The van der Waals surface area contributed by atoms with E-state index < -0.39 is 18.1 Å². The van der Waals surface area contributed by atoms with Crippen molar-refractivity contribution < 1.29 is 33.5 Å². The number of esters is 1. The summed E-state index contributed by atoms with van der Waals surface area (Å²) in [6.07, 6.45) is 1.34. The van der Waals surface area contributed by atoms with Crippen LogP contribution < -0.4 is 15.0 Å². The van der Waals surface area contributed by atoms with E-state index in [0.29, 0.717) is 36.2 Å². The molecule has 15 nitrogen and oxygen atoms in total. The fourth-order valence-corrected chi connectivity index (χ4v) is 9.71. The van der Waals surface area contributed by atoms with E-state index in [9.17, 15) is 19.5 Å². The second-order valence-electron chi connectivity index (χ2n) is 17.5. The van der Waals surface area contributed by atoms with Crippen LogP contribution in [-0.4, -0.2) is 111 Å². The predicted molar refractivity (Wildman–Crippen MR) is 238 cm³/mol. The Hall–Kier alpha value is -5.87. The van der Waals surface area contributed by atoms with Crippen LogP contribution in [0.1, 0.15) is 82.1 Å². The molecule has 8 rings (SSSR count). The molecule has 0 unspecified atom stereocenters. The van der Waals surface area contributed by atoms with E-state index >= 15 is 0 Å². The number of benzene rings is 2. The molecule has 0 radical (unpaired) electrons. The van der Waals surface area contributed by atoms with Gasteiger partial charge in [0.05, 0.1) is 51.7 Å². The topological polar surface area (TPSA) is 176 Å². The number of ether oxygens (including phenoxy) is 2. The molecule has 5 aromatic rings. The fourth-order valence-electron chi connectivity index (χ4n) is 8.90. The van der Waals surface area contributed by atoms with Gasteiger partial charge in [0, 0.05) is 50.3 Å². The number of nitrogens with one attached hydrogen (secondary N) is 1. The molecule has 0 aliphatic carbocycles. The van der Waals surface area contributed by atoms with E-state index in [1.165, 1.54) is 4.90 Å². The number of para-hydroxylation sites is 1. The lowest BCUT2D eigenvalue weighted by Crippen LogP contribution is -2.55. The Labute approximate surface area is 371 Å². The molecule has 2 saturated heterocycles. The van der Waals surface area contributed by atoms with Crippen molar-refractivity contribution >= 4 is 34.8 Å². The van der Waals surface area contributed by atoms with Crippen LogP contribution in [0.5, 0.6) is 11.6 Å². The van der Waals surface area contributed by atoms with Crippen molar-refractivity contribution in [3.63, 3.8) is 0 Å². The van der Waals surface area contributed by atoms with Gasteiger partial charge in [-0.05, 0) is 67.1 Å². The zero-order valence-electron chi connectivity index (χ0n) is 36.7. The molecule has 6 heterocycles. The van der Waals surface area contributed by atoms with Gasteiger partial charge in [-0.3, -0.25) is 19.3 Å². The minimum atomic E-state index is -0.866. The van der Waals surface area contributed by atoms with Crippen LogP contribution in [0.25, 0.3) is 21.7 Å². The molecule has 2 fully saturated rings. The van der Waals surface area contributed by atoms with E-state index in [1.807, 2.05) is 75.7 Å². The van der Waals surface area contributed by atoms with E-state index in [1.54, 1.807) is 43.4 Å². The van der Waals surface area contributed by atoms with Gasteiger partial charge < -0.3 is 34.2 Å². The fraction of sp³-hybridized carbons (Fsp3) is 0.468. The molecule has 2 amide bonds. The number of rotatable bonds is 14. The van der Waals surface area contributed by atoms with Crippen molar-refractivity contribution in [1.29, 1.82) is 0 Å². The smallest absolute Gasteiger partial charge is 0.308 e. The summed E-state index contributed by atoms with van der Waals surface area (Å²) < 4.78 is 17.7. The Balaban J connectivity index is 0.893. The number of fused-ring (bicyclic) bond motifs is 3. The van der Waals surface area contributed by atoms with Gasteiger partial charge in [0.25, 0.3) is 5.88 Å². The predicted octanol–water partition coefficient (Wildman–Crippen LogP) is 6.57. The quantitative estimate of drug-likeness (QED) is 0.115. The van der Waals surface area contributed by atoms with Crippen LogP contribution in [-0.2, 0) is 25.5 Å². The second kappa shape index (κ2) is 18.9. The lowest BCUT2D eigenvalue weighted by molar-refractivity contribution is -0.153. The zero-order valence-corrected chi connectivity index (χ0v) is 37.5. The first kappa shape index (κ1) is 43.8. The van der Waals surface area contributed by atoms with Crippen molar-refractivity contribution in [3.05, 3.63) is 88.9 Å². The lowest BCUT2D eigenvalue weighted by Gasteiger charge is -2.45. The highest BCUT2D eigenvalue weighted by Crippen LogP contribution is 2.37. The molecule has 3 aliphatic heterocycles. The first-order chi connectivity index (χ1) is 30.3. The minimum Gasteiger partial charge on any atom is -0.507 e. The largest absolute Gasteiger partial charge is 0.507 e. The summed E-state index contributed by atoms with van der Waals surface area (Å²) in [4.78, 5) is 53.1. The number of thiazole rings is 1. The Kier molecular flexibility index (Phi) is 13.1. The average molecular weight is 877 g/mol. The number of aromatic nitrogens is 4. The minimum absolute atomic E-state index is 0.0817. The lowest BCUT2D eigenvalue weighted by atomic mass is 9.91. The number of phenolic OH excluding ortho intramolecular Hbond substituents is 1. The molecule has 16 heteroatoms. The van der Waals surface area contributed by atoms with Crippen molar-refractivity contribution in [2.75, 3.05) is 44.2 Å². The number of aromatic hydroxyl groups is 1. The summed E-state index contributed by atoms with van der Waals surface area (Å²) in [6, 6.07) is 18.0. The van der Waals surface area contributed by atoms with Crippen molar-refractivity contribution in [1.82, 2.24) is 35.5 Å². The van der Waals surface area contributed by atoms with Gasteiger partial charge in [-0.2, -0.15) is 5.10 Å². The van der Waals surface area contributed by atoms with Gasteiger partial charge in [-0.1, -0.05) is 64.1 Å². The third-order valence-electron chi connectivity index (χ3n) is 12.4. The Morgan fingerprint density at radius 2 is 1.79 bits per heavy atom. The highest BCUT2D eigenvalue weighted by Gasteiger charge is 2.45. The van der Waals surface area contributed by atoms with Crippen molar-refractivity contribution in [3.8, 4) is 33.3 Å². The maximum Gasteiger partial charge on any atom is 0.308 e. The van der Waals surface area contributed by atoms with E-state index in [0.717, 1.165) is 65.6 Å². The molecule has 3 aliphatic rings. The summed E-state index contributed by atoms with van der Waals surface area (Å²) in [5, 5.41) is 26.7. The summed E-state index contributed by atoms with van der Waals surface area (Å²) in [7, 11) is 0. The maximum atomic E-state index is 14.6. The first-order valence-electron chi connectivity index (χ1n) is 21.9. The van der Waals surface area contributed by atoms with Gasteiger partial charge in [0.2, 0.25) is 11.8 Å². The van der Waals surface area contributed by atoms with Gasteiger partial charge >= 0.3 is 5.97 Å². The number of likely N-dealkylation sites (tertiary alicyclic amines) is 1. The van der Waals surface area contributed by atoms with Crippen molar-refractivity contribution in [2.24, 2.45) is 11.8 Å². The molecule has 5 atom stereocenters. The third kappa shape index (κ3) is 9.56. The number of carbonyl (C=O) groups is 3. The van der Waals surface area contributed by atoms with Crippen LogP contribution >= 0.6 is 11.3 Å². The molecule has 2 N–H and O–H groups in total. The van der Waals surface area contributed by atoms with Gasteiger partial charge in [0.1, 0.15) is 30.4 Å². The molecular formula is C47H56N8O7S. The SMILES string of the molecule is Cc1ncsc1-c1ccc([C@H](C)NC(=O)[C@@H]2C[C@@H](OC(=O)C(C)C)CN2C(=O)[C@@H](c2cc(OCCN3CCN4c5cc(-c6ccccc6O)nnc5CC[C@H]4C3)no2)C(C)C)cc1. The summed E-state index contributed by atoms with van der Waals surface area (Å²) >= 11 is 1.58. The van der Waals surface area contributed by atoms with Crippen LogP contribution in [0.15, 0.2) is 70.7 Å². The molecule has 0 saturated carbocycles. The highest BCUT2D eigenvalue weighted by atomic mass is 32.1. The standard InChI is InChI=1S/C47H56N8O7S/c1-27(2)43(46(58)55-25-34(61-47(59)28(3)4)21-39(55)45(57)49-29(5)31-11-13-32(14-12-31)44-30(6)48-26-63-44)41-23-42(52-62-41)60-20-19-53-17-18-54-33(24-53)15-16-36-38(54)22-37(51-50-36)35-9-7-8-10-40(35)56/h7-14,22-23,26-29,33-34,39,43,56H,15-21,24-25H2,1-6H3,(H,49,57)/t29-,33-,34+,39-,43+/m0/s1. The van der Waals surface area contributed by atoms with E-state index in [2.05, 4.69) is 35.5 Å². The third-order valence-corrected chi connectivity index (χ3v) is 13.4. The van der Waals surface area contributed by atoms with Crippen LogP contribution in [0.2, 0.25) is 0 Å². The van der Waals surface area contributed by atoms with Crippen LogP contribution in [0, 0.1) is 18.8 Å². The number of phenols is 1. The highest BCUT2D eigenvalue weighted by molar-refractivity contribution is 7.13. The van der Waals surface area contributed by atoms with Gasteiger partial charge in [-0.25, -0.2) is 4.98 Å². The number of piperazine rings is 1. The second-order valence-corrected chi connectivity index (χ2v) is 18.3. The molecule has 2 aromatic carbocycles. The molecule has 0 bridgehead atoms. The molecular weight excluding hydrogens is 821 g/mol. The number of hydrogen-bond acceptors (Lipinski definition) is 14. The number of nitrogens with zero attached hydrogens (tertiary/aromatic N) is 7. The van der Waals surface area contributed by atoms with Gasteiger partial charge in [-0.15, -0.1) is 16.4 Å². The number of carbonyl (C=O) groups excluding carboxylic acids is 3. The van der Waals surface area contributed by atoms with Gasteiger partial charge in [0.15, 0.2) is 5.76 Å². The van der Waals surface area contributed by atoms with Crippen LogP contribution in [0.3, 0.4) is 0 Å². The molecule has 0 spiro atoms. The van der Waals surface area contributed by atoms with Crippen molar-refractivity contribution in [2.45, 2.75) is 91.0 Å². The summed E-state index contributed by atoms with van der Waals surface area (Å²) in [5.74, 6) is -1.53. The van der Waals surface area contributed by atoms with Crippen LogP contribution in [0.4, 0.5) is 5.69 Å². The van der Waals surface area contributed by atoms with E-state index in [4.69, 9.17) is 14.0 Å². The number of hydrogen-bond donors (Lipinski definition) is 2. The Bertz CT molecular complexity index is 2420.